The Labute approximate surface area is 120 Å². The van der Waals surface area contributed by atoms with E-state index in [4.69, 9.17) is 15.7 Å². The van der Waals surface area contributed by atoms with E-state index < -0.39 is 0 Å². The van der Waals surface area contributed by atoms with Crippen LogP contribution in [0.4, 0.5) is 0 Å². The predicted molar refractivity (Wildman–Crippen MR) is 77.5 cm³/mol. The molecular formula is C15H13BrN2O. The molecule has 3 nitrogen and oxygen atoms in total. The van der Waals surface area contributed by atoms with Crippen LogP contribution in [0, 0.1) is 11.3 Å². The van der Waals surface area contributed by atoms with Gasteiger partial charge in [-0.05, 0) is 41.5 Å². The van der Waals surface area contributed by atoms with Crippen molar-refractivity contribution in [3.05, 3.63) is 63.6 Å². The Balaban J connectivity index is 2.08. The average molecular weight is 317 g/mol. The van der Waals surface area contributed by atoms with E-state index in [1.165, 1.54) is 0 Å². The maximum atomic E-state index is 8.84. The van der Waals surface area contributed by atoms with E-state index in [1.807, 2.05) is 36.4 Å². The summed E-state index contributed by atoms with van der Waals surface area (Å²) in [5.74, 6) is 0.769. The molecule has 0 radical (unpaired) electrons. The van der Waals surface area contributed by atoms with Crippen molar-refractivity contribution in [1.82, 2.24) is 0 Å². The van der Waals surface area contributed by atoms with Crippen molar-refractivity contribution in [1.29, 1.82) is 5.26 Å². The molecule has 2 rings (SSSR count). The van der Waals surface area contributed by atoms with Crippen molar-refractivity contribution < 1.29 is 4.74 Å². The molecule has 4 heteroatoms. The molecule has 0 saturated heterocycles. The molecule has 0 atom stereocenters. The summed E-state index contributed by atoms with van der Waals surface area (Å²) in [7, 11) is 0. The zero-order valence-corrected chi connectivity index (χ0v) is 11.9. The Hall–Kier alpha value is -1.83. The van der Waals surface area contributed by atoms with Gasteiger partial charge in [0.1, 0.15) is 12.4 Å². The fourth-order valence-corrected chi connectivity index (χ4v) is 2.10. The van der Waals surface area contributed by atoms with E-state index in [-0.39, 0.29) is 0 Å². The van der Waals surface area contributed by atoms with Gasteiger partial charge in [-0.2, -0.15) is 5.26 Å². The lowest BCUT2D eigenvalue weighted by Gasteiger charge is -2.09. The SMILES string of the molecule is N#Cc1cccc(COc2ccc(Br)c(CN)c2)c1. The topological polar surface area (TPSA) is 59.0 Å². The third-order valence-corrected chi connectivity index (χ3v) is 3.47. The van der Waals surface area contributed by atoms with Gasteiger partial charge in [0.2, 0.25) is 0 Å². The first-order valence-corrected chi connectivity index (χ1v) is 6.62. The van der Waals surface area contributed by atoms with Crippen molar-refractivity contribution in [3.8, 4) is 11.8 Å². The zero-order valence-electron chi connectivity index (χ0n) is 10.3. The first-order chi connectivity index (χ1) is 9.22. The number of hydrogen-bond acceptors (Lipinski definition) is 3. The number of ether oxygens (including phenoxy) is 1. The van der Waals surface area contributed by atoms with Gasteiger partial charge in [-0.15, -0.1) is 0 Å². The lowest BCUT2D eigenvalue weighted by atomic mass is 10.1. The molecule has 0 aromatic heterocycles. The lowest BCUT2D eigenvalue weighted by Crippen LogP contribution is -2.00. The van der Waals surface area contributed by atoms with Crippen LogP contribution in [-0.2, 0) is 13.2 Å². The van der Waals surface area contributed by atoms with Crippen LogP contribution in [0.2, 0.25) is 0 Å². The van der Waals surface area contributed by atoms with Crippen molar-refractivity contribution in [2.75, 3.05) is 0 Å². The van der Waals surface area contributed by atoms with Crippen LogP contribution in [0.25, 0.3) is 0 Å². The summed E-state index contributed by atoms with van der Waals surface area (Å²) in [4.78, 5) is 0. The highest BCUT2D eigenvalue weighted by Gasteiger charge is 2.02. The minimum Gasteiger partial charge on any atom is -0.489 e. The highest BCUT2D eigenvalue weighted by molar-refractivity contribution is 9.10. The maximum Gasteiger partial charge on any atom is 0.120 e. The van der Waals surface area contributed by atoms with E-state index in [1.54, 1.807) is 6.07 Å². The Morgan fingerprint density at radius 2 is 2.05 bits per heavy atom. The number of nitrogens with zero attached hydrogens (tertiary/aromatic N) is 1. The lowest BCUT2D eigenvalue weighted by molar-refractivity contribution is 0.306. The van der Waals surface area contributed by atoms with Gasteiger partial charge in [-0.3, -0.25) is 0 Å². The van der Waals surface area contributed by atoms with Crippen molar-refractivity contribution in [2.24, 2.45) is 5.73 Å². The molecule has 0 spiro atoms. The number of halogens is 1. The predicted octanol–water partition coefficient (Wildman–Crippen LogP) is 3.36. The minimum atomic E-state index is 0.432. The van der Waals surface area contributed by atoms with E-state index in [0.717, 1.165) is 21.3 Å². The fourth-order valence-electron chi connectivity index (χ4n) is 1.69. The molecule has 0 aliphatic rings. The molecule has 0 fully saturated rings. The van der Waals surface area contributed by atoms with Gasteiger partial charge in [0.15, 0.2) is 0 Å². The summed E-state index contributed by atoms with van der Waals surface area (Å²) >= 11 is 3.43. The second kappa shape index (κ2) is 6.37. The zero-order chi connectivity index (χ0) is 13.7. The van der Waals surface area contributed by atoms with Crippen LogP contribution in [-0.4, -0.2) is 0 Å². The van der Waals surface area contributed by atoms with Crippen LogP contribution in [0.3, 0.4) is 0 Å². The molecule has 0 amide bonds. The number of benzene rings is 2. The summed E-state index contributed by atoms with van der Waals surface area (Å²) < 4.78 is 6.68. The Bertz CT molecular complexity index is 620. The second-order valence-electron chi connectivity index (χ2n) is 4.06. The molecule has 2 aromatic rings. The van der Waals surface area contributed by atoms with Crippen LogP contribution < -0.4 is 10.5 Å². The van der Waals surface area contributed by atoms with Gasteiger partial charge in [-0.1, -0.05) is 28.1 Å². The molecule has 2 aromatic carbocycles. The number of nitriles is 1. The third-order valence-electron chi connectivity index (χ3n) is 2.70. The second-order valence-corrected chi connectivity index (χ2v) is 4.91. The fraction of sp³-hybridized carbons (Fsp3) is 0.133. The molecule has 0 aliphatic carbocycles. The van der Waals surface area contributed by atoms with Gasteiger partial charge in [0, 0.05) is 11.0 Å². The monoisotopic (exact) mass is 316 g/mol. The Morgan fingerprint density at radius 3 is 2.79 bits per heavy atom. The maximum absolute atomic E-state index is 8.84. The normalized spacial score (nSPS) is 9.95. The molecule has 0 saturated carbocycles. The standard InChI is InChI=1S/C15H13BrN2O/c16-15-5-4-14(7-13(15)9-18)19-10-12-3-1-2-11(6-12)8-17/h1-7H,9-10,18H2. The van der Waals surface area contributed by atoms with E-state index >= 15 is 0 Å². The molecule has 0 aliphatic heterocycles. The Morgan fingerprint density at radius 1 is 1.21 bits per heavy atom. The highest BCUT2D eigenvalue weighted by Crippen LogP contribution is 2.23. The molecular weight excluding hydrogens is 304 g/mol. The summed E-state index contributed by atoms with van der Waals surface area (Å²) in [6.07, 6.45) is 0. The molecule has 0 unspecified atom stereocenters. The largest absolute Gasteiger partial charge is 0.489 e. The summed E-state index contributed by atoms with van der Waals surface area (Å²) in [5.41, 5.74) is 8.25. The summed E-state index contributed by atoms with van der Waals surface area (Å²) in [6.45, 7) is 0.892. The number of nitrogens with two attached hydrogens (primary N) is 1. The molecule has 0 bridgehead atoms. The average Bonchev–Trinajstić information content (AvgIpc) is 2.46. The van der Waals surface area contributed by atoms with Crippen LogP contribution >= 0.6 is 15.9 Å². The smallest absolute Gasteiger partial charge is 0.120 e. The number of rotatable bonds is 4. The highest BCUT2D eigenvalue weighted by atomic mass is 79.9. The summed E-state index contributed by atoms with van der Waals surface area (Å²) in [5, 5.41) is 8.84. The molecule has 2 N–H and O–H groups in total. The van der Waals surface area contributed by atoms with Crippen molar-refractivity contribution in [2.45, 2.75) is 13.2 Å². The first kappa shape index (κ1) is 13.6. The van der Waals surface area contributed by atoms with E-state index in [2.05, 4.69) is 22.0 Å². The van der Waals surface area contributed by atoms with E-state index in [9.17, 15) is 0 Å². The first-order valence-electron chi connectivity index (χ1n) is 5.83. The van der Waals surface area contributed by atoms with Crippen molar-refractivity contribution in [3.63, 3.8) is 0 Å². The van der Waals surface area contributed by atoms with Crippen LogP contribution in [0.15, 0.2) is 46.9 Å². The van der Waals surface area contributed by atoms with E-state index in [0.29, 0.717) is 18.7 Å². The Kier molecular flexibility index (Phi) is 4.56. The van der Waals surface area contributed by atoms with Gasteiger partial charge < -0.3 is 10.5 Å². The number of hydrogen-bond donors (Lipinski definition) is 1. The molecule has 19 heavy (non-hydrogen) atoms. The quantitative estimate of drug-likeness (QED) is 0.940. The third kappa shape index (κ3) is 3.57. The van der Waals surface area contributed by atoms with Gasteiger partial charge in [-0.25, -0.2) is 0 Å². The van der Waals surface area contributed by atoms with Gasteiger partial charge >= 0.3 is 0 Å². The van der Waals surface area contributed by atoms with Crippen LogP contribution in [0.5, 0.6) is 5.75 Å². The van der Waals surface area contributed by atoms with Crippen molar-refractivity contribution >= 4 is 15.9 Å². The molecule has 96 valence electrons. The van der Waals surface area contributed by atoms with Gasteiger partial charge in [0.25, 0.3) is 0 Å². The molecule has 0 heterocycles. The van der Waals surface area contributed by atoms with Crippen LogP contribution in [0.1, 0.15) is 16.7 Å². The van der Waals surface area contributed by atoms with Gasteiger partial charge in [0.05, 0.1) is 11.6 Å². The minimum absolute atomic E-state index is 0.432. The summed E-state index contributed by atoms with van der Waals surface area (Å²) in [6, 6.07) is 15.2.